The van der Waals surface area contributed by atoms with Crippen molar-refractivity contribution in [3.05, 3.63) is 36.2 Å². The number of carbonyl (C=O) groups excluding carboxylic acids is 2. The van der Waals surface area contributed by atoms with Crippen LogP contribution in [0, 0.1) is 34.0 Å². The van der Waals surface area contributed by atoms with Gasteiger partial charge in [0.1, 0.15) is 17.6 Å². The molecule has 1 aromatic heterocycles. The third kappa shape index (κ3) is 3.52. The molecule has 2 aromatic rings. The summed E-state index contributed by atoms with van der Waals surface area (Å²) in [5, 5.41) is 44.1. The van der Waals surface area contributed by atoms with Crippen LogP contribution in [0.5, 0.6) is 17.2 Å². The van der Waals surface area contributed by atoms with Crippen LogP contribution in [0.15, 0.2) is 30.5 Å². The summed E-state index contributed by atoms with van der Waals surface area (Å²) >= 11 is 0. The molecule has 9 atom stereocenters. The average Bonchev–Trinajstić information content (AvgIpc) is 3.56. The topological polar surface area (TPSA) is 172 Å². The van der Waals surface area contributed by atoms with Gasteiger partial charge in [-0.3, -0.25) is 4.79 Å². The lowest BCUT2D eigenvalue weighted by atomic mass is 9.35. The number of ether oxygens (including phenoxy) is 5. The number of hydrogen-bond donors (Lipinski definition) is 3. The molecule has 0 amide bonds. The molecule has 13 heteroatoms. The van der Waals surface area contributed by atoms with Gasteiger partial charge in [0.15, 0.2) is 23.0 Å². The normalized spacial score (nSPS) is 39.2. The molecule has 13 nitrogen and oxygen atoms in total. The molecule has 8 rings (SSSR count). The van der Waals surface area contributed by atoms with Crippen LogP contribution in [0.1, 0.15) is 50.0 Å². The molecule has 1 aromatic carbocycles. The van der Waals surface area contributed by atoms with E-state index in [9.17, 15) is 24.9 Å². The summed E-state index contributed by atoms with van der Waals surface area (Å²) in [6.45, 7) is 8.07. The minimum absolute atomic E-state index is 0.0174. The maximum Gasteiger partial charge on any atom is 0.360 e. The Balaban J connectivity index is 1.28. The summed E-state index contributed by atoms with van der Waals surface area (Å²) in [7, 11) is 4.44. The lowest BCUT2D eigenvalue weighted by Crippen LogP contribution is -2.85. The van der Waals surface area contributed by atoms with Gasteiger partial charge in [-0.05, 0) is 42.6 Å². The van der Waals surface area contributed by atoms with Crippen molar-refractivity contribution in [2.45, 2.75) is 63.6 Å². The maximum absolute atomic E-state index is 14.3. The SMILES string of the molecule is C=C1C(=O)[C@]23[C@H](OC(=O)c4cn(-c5cc(OC)c(OC)c(OC)c5)nn4)[C@H]1CC[C@H]2[C@@]12CO[C@]3(O)[C@@H](O)[C@@H]1C(C)(C)CC[C@@H]2O. The lowest BCUT2D eigenvalue weighted by Gasteiger charge is -2.74. The summed E-state index contributed by atoms with van der Waals surface area (Å²) < 4.78 is 29.8. The van der Waals surface area contributed by atoms with Crippen molar-refractivity contribution in [1.82, 2.24) is 15.0 Å². The van der Waals surface area contributed by atoms with Crippen molar-refractivity contribution >= 4 is 11.8 Å². The molecule has 4 bridgehead atoms. The third-order valence-corrected chi connectivity index (χ3v) is 11.7. The molecule has 242 valence electrons. The molecule has 4 saturated carbocycles. The fraction of sp³-hybridized carbons (Fsp3) is 0.625. The van der Waals surface area contributed by atoms with Crippen LogP contribution >= 0.6 is 0 Å². The van der Waals surface area contributed by atoms with Crippen molar-refractivity contribution in [1.29, 1.82) is 0 Å². The van der Waals surface area contributed by atoms with Gasteiger partial charge in [0, 0.05) is 29.4 Å². The number of nitrogens with zero attached hydrogens (tertiary/aromatic N) is 3. The molecule has 6 fully saturated rings. The smallest absolute Gasteiger partial charge is 0.360 e. The highest BCUT2D eigenvalue weighted by molar-refractivity contribution is 6.05. The summed E-state index contributed by atoms with van der Waals surface area (Å²) in [4.78, 5) is 28.1. The number of aromatic nitrogens is 3. The highest BCUT2D eigenvalue weighted by Gasteiger charge is 2.87. The first-order valence-corrected chi connectivity index (χ1v) is 15.2. The first-order chi connectivity index (χ1) is 21.3. The molecule has 0 unspecified atom stereocenters. The highest BCUT2D eigenvalue weighted by atomic mass is 16.7. The number of esters is 1. The number of hydrogen-bond acceptors (Lipinski definition) is 12. The number of Topliss-reactive ketones (excluding diaryl/α,β-unsaturated/α-hetero) is 1. The number of methoxy groups -OCH3 is 3. The molecule has 3 heterocycles. The summed E-state index contributed by atoms with van der Waals surface area (Å²) in [6.07, 6.45) is -0.203. The fourth-order valence-electron chi connectivity index (χ4n) is 9.90. The Kier molecular flexibility index (Phi) is 6.53. The standard InChI is InChI=1S/C32H39N3O10/c1-15-17-7-8-21-30-14-44-32(40,26(38)24(30)29(2,3)10-9-22(30)36)31(21,25(15)37)27(17)45-28(39)18-13-35(34-33-18)16-11-19(41-4)23(43-6)20(12-16)42-5/h11-13,17,21-22,24,26-27,36,38,40H,1,7-10,14H2,2-6H3/t17-,21-,22-,24+,26-,27+,30+,31-,32+/m0/s1. The van der Waals surface area contributed by atoms with Gasteiger partial charge in [-0.15, -0.1) is 5.10 Å². The molecule has 45 heavy (non-hydrogen) atoms. The summed E-state index contributed by atoms with van der Waals surface area (Å²) in [5.74, 6) is -4.37. The molecular weight excluding hydrogens is 586 g/mol. The quantitative estimate of drug-likeness (QED) is 0.315. The van der Waals surface area contributed by atoms with Crippen LogP contribution in [0.3, 0.4) is 0 Å². The number of fused-ring (bicyclic) bond motifs is 2. The molecular formula is C32H39N3O10. The van der Waals surface area contributed by atoms with Crippen molar-refractivity contribution in [3.63, 3.8) is 0 Å². The Morgan fingerprint density at radius 3 is 2.42 bits per heavy atom. The molecule has 2 aliphatic heterocycles. The van der Waals surface area contributed by atoms with E-state index in [4.69, 9.17) is 23.7 Å². The van der Waals surface area contributed by atoms with Gasteiger partial charge in [-0.25, -0.2) is 9.48 Å². The van der Waals surface area contributed by atoms with E-state index in [1.165, 1.54) is 32.2 Å². The van der Waals surface area contributed by atoms with Gasteiger partial charge in [-0.2, -0.15) is 0 Å². The van der Waals surface area contributed by atoms with Gasteiger partial charge in [-0.1, -0.05) is 25.6 Å². The van der Waals surface area contributed by atoms with Crippen LogP contribution < -0.4 is 14.2 Å². The minimum atomic E-state index is -2.35. The Morgan fingerprint density at radius 1 is 1.09 bits per heavy atom. The van der Waals surface area contributed by atoms with E-state index in [0.717, 1.165) is 0 Å². The van der Waals surface area contributed by atoms with Crippen LogP contribution in [0.4, 0.5) is 0 Å². The zero-order chi connectivity index (χ0) is 32.3. The van der Waals surface area contributed by atoms with E-state index in [0.29, 0.717) is 48.6 Å². The Hall–Kier alpha value is -3.52. The number of carbonyl (C=O) groups is 2. The first-order valence-electron chi connectivity index (χ1n) is 15.2. The number of ketones is 1. The van der Waals surface area contributed by atoms with E-state index < -0.39 is 69.9 Å². The van der Waals surface area contributed by atoms with Crippen molar-refractivity contribution in [2.75, 3.05) is 27.9 Å². The minimum Gasteiger partial charge on any atom is -0.493 e. The van der Waals surface area contributed by atoms with E-state index in [2.05, 4.69) is 16.9 Å². The third-order valence-electron chi connectivity index (χ3n) is 11.7. The van der Waals surface area contributed by atoms with Gasteiger partial charge in [0.2, 0.25) is 11.5 Å². The van der Waals surface area contributed by atoms with Crippen LogP contribution in [0.25, 0.3) is 5.69 Å². The second kappa shape index (κ2) is 9.74. The number of aliphatic hydroxyl groups is 3. The molecule has 4 aliphatic carbocycles. The molecule has 3 N–H and O–H groups in total. The zero-order valence-corrected chi connectivity index (χ0v) is 26.0. The van der Waals surface area contributed by atoms with E-state index in [1.54, 1.807) is 12.1 Å². The number of benzene rings is 1. The van der Waals surface area contributed by atoms with Gasteiger partial charge >= 0.3 is 5.97 Å². The van der Waals surface area contributed by atoms with E-state index in [-0.39, 0.29) is 17.9 Å². The molecule has 6 aliphatic rings. The predicted octanol–water partition coefficient (Wildman–Crippen LogP) is 1.85. The maximum atomic E-state index is 14.3. The first kappa shape index (κ1) is 30.2. The van der Waals surface area contributed by atoms with Crippen LogP contribution in [0.2, 0.25) is 0 Å². The van der Waals surface area contributed by atoms with Gasteiger partial charge in [0.05, 0.1) is 45.9 Å². The number of aliphatic hydroxyl groups excluding tert-OH is 2. The molecule has 2 saturated heterocycles. The summed E-state index contributed by atoms with van der Waals surface area (Å²) in [6, 6.07) is 3.27. The fourth-order valence-corrected chi connectivity index (χ4v) is 9.90. The van der Waals surface area contributed by atoms with Gasteiger partial charge in [0.25, 0.3) is 0 Å². The zero-order valence-electron chi connectivity index (χ0n) is 26.0. The van der Waals surface area contributed by atoms with Crippen molar-refractivity contribution in [3.8, 4) is 22.9 Å². The lowest BCUT2D eigenvalue weighted by molar-refractivity contribution is -0.457. The van der Waals surface area contributed by atoms with Crippen LogP contribution in [-0.4, -0.2) is 94.1 Å². The van der Waals surface area contributed by atoms with Gasteiger partial charge < -0.3 is 39.0 Å². The van der Waals surface area contributed by atoms with Crippen molar-refractivity contribution < 1.29 is 48.6 Å². The second-order valence-corrected chi connectivity index (χ2v) is 13.8. The van der Waals surface area contributed by atoms with Crippen LogP contribution in [-0.2, 0) is 14.3 Å². The number of rotatable bonds is 6. The van der Waals surface area contributed by atoms with Crippen molar-refractivity contribution in [2.24, 2.45) is 34.0 Å². The molecule has 0 radical (unpaired) electrons. The van der Waals surface area contributed by atoms with E-state index >= 15 is 0 Å². The van der Waals surface area contributed by atoms with E-state index in [1.807, 2.05) is 13.8 Å². The monoisotopic (exact) mass is 625 g/mol. The Bertz CT molecular complexity index is 1580. The second-order valence-electron chi connectivity index (χ2n) is 13.8. The highest BCUT2D eigenvalue weighted by Crippen LogP contribution is 2.76. The largest absolute Gasteiger partial charge is 0.493 e. The molecule has 2 spiro atoms. The average molecular weight is 626 g/mol. The summed E-state index contributed by atoms with van der Waals surface area (Å²) in [5.41, 5.74) is -2.81. The Morgan fingerprint density at radius 2 is 1.78 bits per heavy atom. The Labute approximate surface area is 260 Å². The predicted molar refractivity (Wildman–Crippen MR) is 155 cm³/mol.